The van der Waals surface area contributed by atoms with Gasteiger partial charge in [0, 0.05) is 23.5 Å². The molecule has 0 fully saturated rings. The number of hydrogen-bond donors (Lipinski definition) is 0. The standard InChI is InChI=1S/C19H16BrN3O/c1-13-10-15-4-2-3-5-18(15)23(13)19(24)14-6-8-17(9-7-14)22-12-16(20)11-21-22/h2-9,11-13H,10H2,1H3. The van der Waals surface area contributed by atoms with Crippen molar-refractivity contribution >= 4 is 27.5 Å². The van der Waals surface area contributed by atoms with E-state index in [1.165, 1.54) is 5.56 Å². The lowest BCUT2D eigenvalue weighted by Crippen LogP contribution is -2.35. The molecule has 1 aromatic heterocycles. The lowest BCUT2D eigenvalue weighted by molar-refractivity contribution is 0.0981. The molecule has 0 radical (unpaired) electrons. The molecule has 0 saturated carbocycles. The van der Waals surface area contributed by atoms with E-state index in [1.54, 1.807) is 10.9 Å². The second kappa shape index (κ2) is 5.91. The van der Waals surface area contributed by atoms with Gasteiger partial charge in [-0.1, -0.05) is 18.2 Å². The second-order valence-electron chi connectivity index (χ2n) is 6.01. The van der Waals surface area contributed by atoms with Crippen LogP contribution in [0.2, 0.25) is 0 Å². The van der Waals surface area contributed by atoms with E-state index in [1.807, 2.05) is 53.6 Å². The van der Waals surface area contributed by atoms with Crippen LogP contribution in [0, 0.1) is 0 Å². The molecule has 1 atom stereocenters. The molecule has 3 aromatic rings. The molecule has 4 rings (SSSR count). The number of para-hydroxylation sites is 1. The molecule has 2 heterocycles. The molecular weight excluding hydrogens is 366 g/mol. The molecule has 120 valence electrons. The minimum Gasteiger partial charge on any atom is -0.305 e. The summed E-state index contributed by atoms with van der Waals surface area (Å²) in [6.45, 7) is 2.09. The van der Waals surface area contributed by atoms with Crippen LogP contribution < -0.4 is 4.90 Å². The van der Waals surface area contributed by atoms with Crippen molar-refractivity contribution in [1.82, 2.24) is 9.78 Å². The number of anilines is 1. The van der Waals surface area contributed by atoms with Crippen LogP contribution in [0.4, 0.5) is 5.69 Å². The van der Waals surface area contributed by atoms with Crippen LogP contribution in [-0.2, 0) is 6.42 Å². The number of carbonyl (C=O) groups is 1. The molecule has 0 aliphatic carbocycles. The van der Waals surface area contributed by atoms with E-state index in [2.05, 4.69) is 34.0 Å². The number of fused-ring (bicyclic) bond motifs is 1. The molecule has 1 aliphatic heterocycles. The van der Waals surface area contributed by atoms with Crippen molar-refractivity contribution in [2.45, 2.75) is 19.4 Å². The van der Waals surface area contributed by atoms with Crippen LogP contribution in [0.5, 0.6) is 0 Å². The SMILES string of the molecule is CC1Cc2ccccc2N1C(=O)c1ccc(-n2cc(Br)cn2)cc1. The lowest BCUT2D eigenvalue weighted by atomic mass is 10.1. The zero-order chi connectivity index (χ0) is 16.7. The topological polar surface area (TPSA) is 38.1 Å². The minimum absolute atomic E-state index is 0.0423. The number of carbonyl (C=O) groups excluding carboxylic acids is 1. The fraction of sp³-hybridized carbons (Fsp3) is 0.158. The maximum Gasteiger partial charge on any atom is 0.258 e. The average Bonchev–Trinajstić information content (AvgIpc) is 3.17. The normalized spacial score (nSPS) is 16.2. The summed E-state index contributed by atoms with van der Waals surface area (Å²) < 4.78 is 2.69. The van der Waals surface area contributed by atoms with Crippen LogP contribution >= 0.6 is 15.9 Å². The number of rotatable bonds is 2. The van der Waals surface area contributed by atoms with Crippen molar-refractivity contribution in [3.63, 3.8) is 0 Å². The molecule has 1 unspecified atom stereocenters. The van der Waals surface area contributed by atoms with E-state index in [0.717, 1.165) is 22.3 Å². The van der Waals surface area contributed by atoms with Gasteiger partial charge in [-0.25, -0.2) is 4.68 Å². The zero-order valence-corrected chi connectivity index (χ0v) is 14.8. The number of nitrogens with zero attached hydrogens (tertiary/aromatic N) is 3. The van der Waals surface area contributed by atoms with Gasteiger partial charge in [-0.05, 0) is 65.2 Å². The molecular formula is C19H16BrN3O. The molecule has 1 aliphatic rings. The van der Waals surface area contributed by atoms with Gasteiger partial charge >= 0.3 is 0 Å². The lowest BCUT2D eigenvalue weighted by Gasteiger charge is -2.23. The van der Waals surface area contributed by atoms with Gasteiger partial charge in [0.15, 0.2) is 0 Å². The minimum atomic E-state index is 0.0423. The Morgan fingerprint density at radius 1 is 1.17 bits per heavy atom. The average molecular weight is 382 g/mol. The Bertz CT molecular complexity index is 901. The summed E-state index contributed by atoms with van der Waals surface area (Å²) in [5, 5.41) is 4.25. The first-order valence-corrected chi connectivity index (χ1v) is 8.65. The summed E-state index contributed by atoms with van der Waals surface area (Å²) in [6, 6.07) is 15.9. The van der Waals surface area contributed by atoms with Gasteiger partial charge in [-0.2, -0.15) is 5.10 Å². The van der Waals surface area contributed by atoms with Gasteiger partial charge in [0.1, 0.15) is 0 Å². The molecule has 0 saturated heterocycles. The summed E-state index contributed by atoms with van der Waals surface area (Å²) >= 11 is 3.39. The Labute approximate surface area is 148 Å². The third kappa shape index (κ3) is 2.55. The molecule has 0 N–H and O–H groups in total. The Hall–Kier alpha value is -2.40. The quantitative estimate of drug-likeness (QED) is 0.666. The summed E-state index contributed by atoms with van der Waals surface area (Å²) in [6.07, 6.45) is 4.53. The number of benzene rings is 2. The first-order chi connectivity index (χ1) is 11.6. The summed E-state index contributed by atoms with van der Waals surface area (Å²) in [7, 11) is 0. The van der Waals surface area contributed by atoms with Gasteiger partial charge in [0.2, 0.25) is 0 Å². The van der Waals surface area contributed by atoms with E-state index in [0.29, 0.717) is 5.56 Å². The third-order valence-corrected chi connectivity index (χ3v) is 4.77. The summed E-state index contributed by atoms with van der Waals surface area (Å²) in [5.41, 5.74) is 3.87. The van der Waals surface area contributed by atoms with Gasteiger partial charge in [0.05, 0.1) is 16.4 Å². The van der Waals surface area contributed by atoms with Crippen LogP contribution in [0.25, 0.3) is 5.69 Å². The Kier molecular flexibility index (Phi) is 3.73. The molecule has 4 nitrogen and oxygen atoms in total. The first-order valence-electron chi connectivity index (χ1n) is 7.85. The van der Waals surface area contributed by atoms with Crippen LogP contribution in [0.3, 0.4) is 0 Å². The zero-order valence-electron chi connectivity index (χ0n) is 13.2. The largest absolute Gasteiger partial charge is 0.305 e. The Morgan fingerprint density at radius 3 is 2.62 bits per heavy atom. The number of amides is 1. The predicted molar refractivity (Wildman–Crippen MR) is 97.7 cm³/mol. The fourth-order valence-electron chi connectivity index (χ4n) is 3.21. The van der Waals surface area contributed by atoms with Crippen LogP contribution in [0.1, 0.15) is 22.8 Å². The number of aromatic nitrogens is 2. The molecule has 24 heavy (non-hydrogen) atoms. The highest BCUT2D eigenvalue weighted by Crippen LogP contribution is 2.33. The summed E-state index contributed by atoms with van der Waals surface area (Å²) in [5.74, 6) is 0.0423. The van der Waals surface area contributed by atoms with Gasteiger partial charge < -0.3 is 4.90 Å². The second-order valence-corrected chi connectivity index (χ2v) is 6.92. The molecule has 0 spiro atoms. The fourth-order valence-corrected chi connectivity index (χ4v) is 3.50. The van der Waals surface area contributed by atoms with Gasteiger partial charge in [0.25, 0.3) is 5.91 Å². The monoisotopic (exact) mass is 381 g/mol. The van der Waals surface area contributed by atoms with Gasteiger partial charge in [-0.15, -0.1) is 0 Å². The Balaban J connectivity index is 1.63. The highest BCUT2D eigenvalue weighted by atomic mass is 79.9. The maximum absolute atomic E-state index is 13.0. The number of halogens is 1. The van der Waals surface area contributed by atoms with Crippen LogP contribution in [0.15, 0.2) is 65.4 Å². The maximum atomic E-state index is 13.0. The highest BCUT2D eigenvalue weighted by Gasteiger charge is 2.31. The van der Waals surface area contributed by atoms with Crippen molar-refractivity contribution in [3.05, 3.63) is 76.5 Å². The van der Waals surface area contributed by atoms with Crippen molar-refractivity contribution in [3.8, 4) is 5.69 Å². The van der Waals surface area contributed by atoms with Crippen molar-refractivity contribution < 1.29 is 4.79 Å². The van der Waals surface area contributed by atoms with E-state index >= 15 is 0 Å². The van der Waals surface area contributed by atoms with Gasteiger partial charge in [-0.3, -0.25) is 4.79 Å². The predicted octanol–water partition coefficient (Wildman–Crippen LogP) is 4.23. The third-order valence-electron chi connectivity index (χ3n) is 4.36. The molecule has 5 heteroatoms. The van der Waals surface area contributed by atoms with Crippen molar-refractivity contribution in [2.24, 2.45) is 0 Å². The molecule has 1 amide bonds. The van der Waals surface area contributed by atoms with Crippen molar-refractivity contribution in [1.29, 1.82) is 0 Å². The molecule has 0 bridgehead atoms. The number of hydrogen-bond acceptors (Lipinski definition) is 2. The Morgan fingerprint density at radius 2 is 1.92 bits per heavy atom. The van der Waals surface area contributed by atoms with E-state index in [-0.39, 0.29) is 11.9 Å². The molecule has 2 aromatic carbocycles. The first kappa shape index (κ1) is 15.1. The van der Waals surface area contributed by atoms with E-state index < -0.39 is 0 Å². The van der Waals surface area contributed by atoms with E-state index in [4.69, 9.17) is 0 Å². The van der Waals surface area contributed by atoms with E-state index in [9.17, 15) is 4.79 Å². The smallest absolute Gasteiger partial charge is 0.258 e. The summed E-state index contributed by atoms with van der Waals surface area (Å²) in [4.78, 5) is 14.9. The van der Waals surface area contributed by atoms with Crippen LogP contribution in [-0.4, -0.2) is 21.7 Å². The van der Waals surface area contributed by atoms with Crippen molar-refractivity contribution in [2.75, 3.05) is 4.90 Å². The highest BCUT2D eigenvalue weighted by molar-refractivity contribution is 9.10.